The number of nitrogens with zero attached hydrogens (tertiary/aromatic N) is 1. The number of aliphatic carboxylic acids is 1. The number of carboxylic acid groups (broad SMARTS) is 1. The van der Waals surface area contributed by atoms with Crippen LogP contribution in [0.15, 0.2) is 18.2 Å². The summed E-state index contributed by atoms with van der Waals surface area (Å²) in [5.41, 5.74) is 3.32. The van der Waals surface area contributed by atoms with Gasteiger partial charge < -0.3 is 20.6 Å². The van der Waals surface area contributed by atoms with Crippen LogP contribution >= 0.6 is 0 Å². The minimum Gasteiger partial charge on any atom is -0.475 e. The van der Waals surface area contributed by atoms with E-state index in [4.69, 9.17) is 9.90 Å². The van der Waals surface area contributed by atoms with Gasteiger partial charge in [-0.3, -0.25) is 9.59 Å². The van der Waals surface area contributed by atoms with Crippen LogP contribution < -0.4 is 10.6 Å². The summed E-state index contributed by atoms with van der Waals surface area (Å²) < 4.78 is 31.7. The lowest BCUT2D eigenvalue weighted by Gasteiger charge is -2.10. The average Bonchev–Trinajstić information content (AvgIpc) is 2.90. The highest BCUT2D eigenvalue weighted by Gasteiger charge is 2.38. The Morgan fingerprint density at radius 2 is 1.70 bits per heavy atom. The van der Waals surface area contributed by atoms with Gasteiger partial charge in [0.15, 0.2) is 5.78 Å². The van der Waals surface area contributed by atoms with E-state index in [9.17, 15) is 22.8 Å². The third kappa shape index (κ3) is 9.84. The summed E-state index contributed by atoms with van der Waals surface area (Å²) in [5.74, 6) is -2.76. The number of hydrogen-bond donors (Lipinski definition) is 3. The third-order valence-corrected chi connectivity index (χ3v) is 4.37. The smallest absolute Gasteiger partial charge is 0.475 e. The number of fused-ring (bicyclic) bond motifs is 1. The van der Waals surface area contributed by atoms with Crippen molar-refractivity contribution in [3.8, 4) is 0 Å². The molecule has 3 N–H and O–H groups in total. The Morgan fingerprint density at radius 3 is 2.27 bits per heavy atom. The molecule has 0 aliphatic carbocycles. The number of rotatable bonds is 7. The van der Waals surface area contributed by atoms with Gasteiger partial charge in [0.05, 0.1) is 0 Å². The number of benzene rings is 1. The van der Waals surface area contributed by atoms with E-state index >= 15 is 0 Å². The van der Waals surface area contributed by atoms with Crippen LogP contribution in [0.5, 0.6) is 0 Å². The highest BCUT2D eigenvalue weighted by molar-refractivity contribution is 5.98. The summed E-state index contributed by atoms with van der Waals surface area (Å²) in [6, 6.07) is 5.97. The van der Waals surface area contributed by atoms with Crippen LogP contribution in [-0.4, -0.2) is 74.1 Å². The summed E-state index contributed by atoms with van der Waals surface area (Å²) in [7, 11) is 3.92. The standard InChI is InChI=1S/C18H27N3O2.C2HF3O2/c1-21(2)12-11-20-18(23)6-5-17(22)16-4-3-14-7-9-19-10-8-15(14)13-16;3-2(4,5)1(6)7/h3-4,13,19H,5-12H2,1-2H3,(H,20,23);(H,6,7). The Morgan fingerprint density at radius 1 is 1.10 bits per heavy atom. The van der Waals surface area contributed by atoms with Crippen LogP contribution in [-0.2, 0) is 22.4 Å². The number of Topliss-reactive ketones (excluding diaryl/α,β-unsaturated/α-hetero) is 1. The van der Waals surface area contributed by atoms with Crippen LogP contribution in [0.1, 0.15) is 34.3 Å². The monoisotopic (exact) mass is 431 g/mol. The highest BCUT2D eigenvalue weighted by Crippen LogP contribution is 2.17. The maximum absolute atomic E-state index is 12.3. The number of nitrogens with one attached hydrogen (secondary N) is 2. The number of halogens is 3. The van der Waals surface area contributed by atoms with Gasteiger partial charge in [-0.25, -0.2) is 4.79 Å². The van der Waals surface area contributed by atoms with Crippen molar-refractivity contribution in [2.45, 2.75) is 31.9 Å². The van der Waals surface area contributed by atoms with Crippen molar-refractivity contribution in [2.24, 2.45) is 0 Å². The van der Waals surface area contributed by atoms with Crippen molar-refractivity contribution in [1.82, 2.24) is 15.5 Å². The maximum atomic E-state index is 12.3. The van der Waals surface area contributed by atoms with E-state index in [1.165, 1.54) is 11.1 Å². The van der Waals surface area contributed by atoms with Crippen LogP contribution in [0.3, 0.4) is 0 Å². The molecule has 0 saturated carbocycles. The summed E-state index contributed by atoms with van der Waals surface area (Å²) in [6.07, 6.45) is -2.59. The second kappa shape index (κ2) is 12.3. The summed E-state index contributed by atoms with van der Waals surface area (Å²) >= 11 is 0. The van der Waals surface area contributed by atoms with Crippen LogP contribution in [0, 0.1) is 0 Å². The van der Waals surface area contributed by atoms with Gasteiger partial charge in [0.25, 0.3) is 0 Å². The van der Waals surface area contributed by atoms with E-state index in [-0.39, 0.29) is 24.5 Å². The van der Waals surface area contributed by atoms with Gasteiger partial charge >= 0.3 is 12.1 Å². The molecule has 0 unspecified atom stereocenters. The molecule has 1 aromatic carbocycles. The second-order valence-corrected chi connectivity index (χ2v) is 7.11. The Bertz CT molecular complexity index is 736. The molecular weight excluding hydrogens is 403 g/mol. The van der Waals surface area contributed by atoms with Gasteiger partial charge in [-0.2, -0.15) is 13.2 Å². The van der Waals surface area contributed by atoms with Gasteiger partial charge in [-0.15, -0.1) is 0 Å². The van der Waals surface area contributed by atoms with Gasteiger partial charge in [0, 0.05) is 31.5 Å². The Labute approximate surface area is 173 Å². The van der Waals surface area contributed by atoms with E-state index in [1.54, 1.807) is 0 Å². The molecule has 0 fully saturated rings. The first-order valence-corrected chi connectivity index (χ1v) is 9.58. The molecule has 0 saturated heterocycles. The topological polar surface area (TPSA) is 98.7 Å². The fourth-order valence-electron chi connectivity index (χ4n) is 2.73. The molecule has 0 atom stereocenters. The lowest BCUT2D eigenvalue weighted by Crippen LogP contribution is -2.31. The number of alkyl halides is 3. The van der Waals surface area contributed by atoms with E-state index in [0.29, 0.717) is 6.54 Å². The highest BCUT2D eigenvalue weighted by atomic mass is 19.4. The van der Waals surface area contributed by atoms with E-state index in [2.05, 4.69) is 16.7 Å². The lowest BCUT2D eigenvalue weighted by molar-refractivity contribution is -0.192. The number of hydrogen-bond acceptors (Lipinski definition) is 5. The predicted octanol–water partition coefficient (Wildman–Crippen LogP) is 1.65. The molecule has 168 valence electrons. The van der Waals surface area contributed by atoms with Gasteiger partial charge in [0.1, 0.15) is 0 Å². The zero-order chi connectivity index (χ0) is 22.7. The molecule has 10 heteroatoms. The lowest BCUT2D eigenvalue weighted by atomic mass is 9.97. The SMILES string of the molecule is CN(C)CCNC(=O)CCC(=O)c1ccc2c(c1)CCNCC2.O=C(O)C(F)(F)F. The van der Waals surface area contributed by atoms with Crippen molar-refractivity contribution >= 4 is 17.7 Å². The molecule has 1 aromatic rings. The molecule has 0 aromatic heterocycles. The molecular formula is C20H28F3N3O4. The van der Waals surface area contributed by atoms with Crippen molar-refractivity contribution in [2.75, 3.05) is 40.3 Å². The van der Waals surface area contributed by atoms with Crippen molar-refractivity contribution < 1.29 is 32.7 Å². The first-order valence-electron chi connectivity index (χ1n) is 9.58. The van der Waals surface area contributed by atoms with Crippen molar-refractivity contribution in [3.63, 3.8) is 0 Å². The molecule has 1 amide bonds. The summed E-state index contributed by atoms with van der Waals surface area (Å²) in [5, 5.41) is 13.3. The number of carboxylic acids is 1. The molecule has 0 spiro atoms. The number of likely N-dealkylation sites (N-methyl/N-ethyl adjacent to an activating group) is 1. The largest absolute Gasteiger partial charge is 0.490 e. The van der Waals surface area contributed by atoms with Crippen LogP contribution in [0.4, 0.5) is 13.2 Å². The molecule has 30 heavy (non-hydrogen) atoms. The fourth-order valence-corrected chi connectivity index (χ4v) is 2.73. The maximum Gasteiger partial charge on any atom is 0.490 e. The Balaban J connectivity index is 0.000000553. The summed E-state index contributed by atoms with van der Waals surface area (Å²) in [4.78, 5) is 35.0. The quantitative estimate of drug-likeness (QED) is 0.568. The number of carbonyl (C=O) groups excluding carboxylic acids is 2. The second-order valence-electron chi connectivity index (χ2n) is 7.11. The molecule has 1 heterocycles. The minimum absolute atomic E-state index is 0.0489. The van der Waals surface area contributed by atoms with Crippen molar-refractivity contribution in [1.29, 1.82) is 0 Å². The number of amides is 1. The zero-order valence-electron chi connectivity index (χ0n) is 17.1. The number of ketones is 1. The minimum atomic E-state index is -5.08. The van der Waals surface area contributed by atoms with Gasteiger partial charge in [0.2, 0.25) is 5.91 Å². The molecule has 0 radical (unpaired) electrons. The Hall–Kier alpha value is -2.46. The molecule has 0 bridgehead atoms. The fraction of sp³-hybridized carbons (Fsp3) is 0.550. The molecule has 7 nitrogen and oxygen atoms in total. The van der Waals surface area contributed by atoms with Gasteiger partial charge in [-0.05, 0) is 57.2 Å². The van der Waals surface area contributed by atoms with Crippen molar-refractivity contribution in [3.05, 3.63) is 34.9 Å². The molecule has 1 aliphatic heterocycles. The normalized spacial score (nSPS) is 13.5. The first kappa shape index (κ1) is 25.6. The third-order valence-electron chi connectivity index (χ3n) is 4.37. The molecule has 1 aliphatic rings. The van der Waals surface area contributed by atoms with Crippen LogP contribution in [0.25, 0.3) is 0 Å². The van der Waals surface area contributed by atoms with E-state index in [0.717, 1.165) is 38.0 Å². The summed E-state index contributed by atoms with van der Waals surface area (Å²) in [6.45, 7) is 3.37. The Kier molecular flexibility index (Phi) is 10.5. The predicted molar refractivity (Wildman–Crippen MR) is 106 cm³/mol. The average molecular weight is 431 g/mol. The molecule has 2 rings (SSSR count). The van der Waals surface area contributed by atoms with Crippen LogP contribution in [0.2, 0.25) is 0 Å². The first-order chi connectivity index (χ1) is 14.0. The van der Waals surface area contributed by atoms with Gasteiger partial charge in [-0.1, -0.05) is 12.1 Å². The van der Waals surface area contributed by atoms with E-state index in [1.807, 2.05) is 31.1 Å². The van der Waals surface area contributed by atoms with E-state index < -0.39 is 12.1 Å². The zero-order valence-corrected chi connectivity index (χ0v) is 17.1. The number of carbonyl (C=O) groups is 3.